The third kappa shape index (κ3) is 3.13. The van der Waals surface area contributed by atoms with E-state index in [2.05, 4.69) is 0 Å². The fourth-order valence-electron chi connectivity index (χ4n) is 1.35. The van der Waals surface area contributed by atoms with Crippen molar-refractivity contribution in [1.82, 2.24) is 0 Å². The van der Waals surface area contributed by atoms with Crippen LogP contribution < -0.4 is 9.96 Å². The monoisotopic (exact) mass is 285 g/mol. The quantitative estimate of drug-likeness (QED) is 0.852. The molecule has 0 radical (unpaired) electrons. The molecule has 0 heterocycles. The first-order valence-corrected chi connectivity index (χ1v) is 5.78. The van der Waals surface area contributed by atoms with Crippen molar-refractivity contribution in [3.05, 3.63) is 57.7 Å². The Morgan fingerprint density at radius 2 is 1.72 bits per heavy atom. The van der Waals surface area contributed by atoms with Gasteiger partial charge in [-0.25, -0.2) is 5.21 Å². The fraction of sp³-hybridized carbons (Fsp3) is 0. The molecule has 0 fully saturated rings. The summed E-state index contributed by atoms with van der Waals surface area (Å²) in [5.41, 5.74) is 0.199. The van der Waals surface area contributed by atoms with Gasteiger partial charge in [-0.15, -0.1) is 0 Å². The molecular weight excluding hydrogens is 277 g/mol. The Hall–Kier alpha value is -1.30. The van der Waals surface area contributed by atoms with Crippen molar-refractivity contribution in [3.8, 4) is 11.5 Å². The Morgan fingerprint density at radius 1 is 1.06 bits per heavy atom. The van der Waals surface area contributed by atoms with Gasteiger partial charge in [-0.1, -0.05) is 23.2 Å². The fourth-order valence-corrected chi connectivity index (χ4v) is 1.80. The second-order valence-electron chi connectivity index (χ2n) is 3.51. The van der Waals surface area contributed by atoms with E-state index in [1.807, 2.05) is 0 Å². The molecule has 0 spiro atoms. The third-order valence-corrected chi connectivity index (χ3v) is 2.75. The normalized spacial score (nSPS) is 12.2. The van der Waals surface area contributed by atoms with Crippen molar-refractivity contribution in [1.29, 1.82) is 0 Å². The van der Waals surface area contributed by atoms with Gasteiger partial charge in [-0.2, -0.15) is 5.23 Å². The molecule has 0 aliphatic rings. The maximum atomic E-state index is 10.7. The van der Waals surface area contributed by atoms with Crippen molar-refractivity contribution >= 4 is 28.9 Å². The lowest BCUT2D eigenvalue weighted by atomic mass is 10.3. The van der Waals surface area contributed by atoms with Crippen LogP contribution in [0.5, 0.6) is 11.5 Å². The molecular formula is C12H9Cl2NO3. The van der Waals surface area contributed by atoms with Gasteiger partial charge in [0.25, 0.3) is 0 Å². The maximum absolute atomic E-state index is 10.7. The SMILES string of the molecule is [O-][NH+](O)c1ccc(Oc2ccc(Cl)cc2Cl)cc1. The number of quaternary nitrogens is 1. The van der Waals surface area contributed by atoms with Crippen molar-refractivity contribution in [3.63, 3.8) is 0 Å². The van der Waals surface area contributed by atoms with E-state index in [9.17, 15) is 5.21 Å². The molecule has 2 aromatic rings. The molecule has 1 unspecified atom stereocenters. The Morgan fingerprint density at radius 3 is 2.28 bits per heavy atom. The molecule has 2 N–H and O–H groups in total. The largest absolute Gasteiger partial charge is 0.595 e. The summed E-state index contributed by atoms with van der Waals surface area (Å²) in [6.45, 7) is 0. The van der Waals surface area contributed by atoms with Crippen LogP contribution in [-0.4, -0.2) is 5.21 Å². The number of halogens is 2. The van der Waals surface area contributed by atoms with Gasteiger partial charge in [0.15, 0.2) is 5.69 Å². The van der Waals surface area contributed by atoms with Crippen LogP contribution in [0.15, 0.2) is 42.5 Å². The molecule has 0 aliphatic carbocycles. The first-order chi connectivity index (χ1) is 8.56. The lowest BCUT2D eigenvalue weighted by Crippen LogP contribution is -2.99. The molecule has 0 saturated heterocycles. The Kier molecular flexibility index (Phi) is 4.06. The van der Waals surface area contributed by atoms with Gasteiger partial charge in [0, 0.05) is 17.2 Å². The highest BCUT2D eigenvalue weighted by molar-refractivity contribution is 6.35. The van der Waals surface area contributed by atoms with Crippen molar-refractivity contribution in [2.75, 3.05) is 0 Å². The molecule has 0 amide bonds. The molecule has 6 heteroatoms. The van der Waals surface area contributed by atoms with E-state index in [4.69, 9.17) is 33.1 Å². The topological polar surface area (TPSA) is 57.0 Å². The third-order valence-electron chi connectivity index (χ3n) is 2.22. The smallest absolute Gasteiger partial charge is 0.164 e. The first kappa shape index (κ1) is 13.1. The average molecular weight is 286 g/mol. The minimum Gasteiger partial charge on any atom is -0.595 e. The van der Waals surface area contributed by atoms with Gasteiger partial charge < -0.3 is 9.94 Å². The first-order valence-electron chi connectivity index (χ1n) is 5.02. The van der Waals surface area contributed by atoms with Crippen LogP contribution in [0.2, 0.25) is 10.0 Å². The zero-order valence-electron chi connectivity index (χ0n) is 9.06. The second kappa shape index (κ2) is 5.56. The molecule has 0 bridgehead atoms. The van der Waals surface area contributed by atoms with Crippen molar-refractivity contribution in [2.24, 2.45) is 0 Å². The summed E-state index contributed by atoms with van der Waals surface area (Å²) >= 11 is 11.7. The molecule has 0 saturated carbocycles. The summed E-state index contributed by atoms with van der Waals surface area (Å²) in [4.78, 5) is 0. The number of hydrogen-bond acceptors (Lipinski definition) is 3. The van der Waals surface area contributed by atoms with Crippen LogP contribution in [0.3, 0.4) is 0 Å². The molecule has 0 aromatic heterocycles. The predicted octanol–water partition coefficient (Wildman–Crippen LogP) is 3.19. The van der Waals surface area contributed by atoms with E-state index >= 15 is 0 Å². The van der Waals surface area contributed by atoms with Gasteiger partial charge in [-0.3, -0.25) is 0 Å². The summed E-state index contributed by atoms with van der Waals surface area (Å²) in [6.07, 6.45) is 0. The van der Waals surface area contributed by atoms with E-state index in [-0.39, 0.29) is 5.69 Å². The number of hydrogen-bond donors (Lipinski definition) is 2. The minimum absolute atomic E-state index is 0.199. The predicted molar refractivity (Wildman–Crippen MR) is 68.8 cm³/mol. The molecule has 1 atom stereocenters. The van der Waals surface area contributed by atoms with Gasteiger partial charge in [-0.05, 0) is 30.3 Å². The average Bonchev–Trinajstić information content (AvgIpc) is 2.33. The van der Waals surface area contributed by atoms with E-state index in [0.29, 0.717) is 21.5 Å². The highest BCUT2D eigenvalue weighted by Gasteiger charge is 2.05. The van der Waals surface area contributed by atoms with Crippen molar-refractivity contribution < 1.29 is 15.2 Å². The highest BCUT2D eigenvalue weighted by atomic mass is 35.5. The zero-order valence-corrected chi connectivity index (χ0v) is 10.6. The van der Waals surface area contributed by atoms with Crippen molar-refractivity contribution in [2.45, 2.75) is 0 Å². The van der Waals surface area contributed by atoms with Crippen LogP contribution >= 0.6 is 23.2 Å². The van der Waals surface area contributed by atoms with Gasteiger partial charge in [0.2, 0.25) is 0 Å². The Bertz CT molecular complexity index is 544. The van der Waals surface area contributed by atoms with E-state index in [1.165, 1.54) is 12.1 Å². The number of ether oxygens (including phenoxy) is 1. The van der Waals surface area contributed by atoms with E-state index in [0.717, 1.165) is 0 Å². The van der Waals surface area contributed by atoms with Gasteiger partial charge in [0.05, 0.1) is 5.02 Å². The molecule has 18 heavy (non-hydrogen) atoms. The number of benzene rings is 2. The summed E-state index contributed by atoms with van der Waals surface area (Å²) in [7, 11) is 0. The molecule has 2 rings (SSSR count). The van der Waals surface area contributed by atoms with Crippen LogP contribution in [0, 0.1) is 5.21 Å². The summed E-state index contributed by atoms with van der Waals surface area (Å²) < 4.78 is 5.52. The summed E-state index contributed by atoms with van der Waals surface area (Å²) in [5.74, 6) is 0.966. The maximum Gasteiger partial charge on any atom is 0.164 e. The Balaban J connectivity index is 2.18. The number of rotatable bonds is 3. The summed E-state index contributed by atoms with van der Waals surface area (Å²) in [6, 6.07) is 10.9. The van der Waals surface area contributed by atoms with Crippen LogP contribution in [0.4, 0.5) is 5.69 Å². The molecule has 94 valence electrons. The second-order valence-corrected chi connectivity index (χ2v) is 4.35. The van der Waals surface area contributed by atoms with Crippen LogP contribution in [0.1, 0.15) is 0 Å². The molecule has 2 aromatic carbocycles. The molecule has 0 aliphatic heterocycles. The van der Waals surface area contributed by atoms with Crippen LogP contribution in [-0.2, 0) is 0 Å². The standard InChI is InChI=1S/C12H9Cl2NO3/c13-8-1-6-12(11(14)7-8)18-10-4-2-9(3-5-10)15(16)17/h1-7,15-16H. The lowest BCUT2D eigenvalue weighted by molar-refractivity contribution is -0.991. The lowest BCUT2D eigenvalue weighted by Gasteiger charge is -2.12. The van der Waals surface area contributed by atoms with Gasteiger partial charge >= 0.3 is 0 Å². The minimum atomic E-state index is -0.980. The Labute approximate surface area is 113 Å². The van der Waals surface area contributed by atoms with Crippen LogP contribution in [0.25, 0.3) is 0 Å². The highest BCUT2D eigenvalue weighted by Crippen LogP contribution is 2.31. The number of nitrogens with one attached hydrogen (secondary N) is 1. The zero-order chi connectivity index (χ0) is 13.1. The van der Waals surface area contributed by atoms with Gasteiger partial charge in [0.1, 0.15) is 11.5 Å². The summed E-state index contributed by atoms with van der Waals surface area (Å²) in [5, 5.41) is 19.4. The van der Waals surface area contributed by atoms with E-state index in [1.54, 1.807) is 30.3 Å². The molecule has 4 nitrogen and oxygen atoms in total. The van der Waals surface area contributed by atoms with E-state index < -0.39 is 5.23 Å².